The molecule has 0 saturated heterocycles. The summed E-state index contributed by atoms with van der Waals surface area (Å²) in [5.74, 6) is 0. The third kappa shape index (κ3) is 3.23. The first-order chi connectivity index (χ1) is 9.95. The van der Waals surface area contributed by atoms with E-state index in [2.05, 4.69) is 48.7 Å². The van der Waals surface area contributed by atoms with Crippen LogP contribution in [-0.2, 0) is 22.9 Å². The van der Waals surface area contributed by atoms with Gasteiger partial charge in [0.25, 0.3) is 0 Å². The first-order valence-corrected chi connectivity index (χ1v) is 9.57. The number of benzene rings is 2. The minimum Gasteiger partial charge on any atom is -0.207 e. The van der Waals surface area contributed by atoms with Crippen molar-refractivity contribution in [2.45, 2.75) is 23.8 Å². The molecule has 0 saturated carbocycles. The van der Waals surface area contributed by atoms with E-state index in [-0.39, 0.29) is 10.9 Å². The smallest absolute Gasteiger partial charge is 0.207 e. The highest BCUT2D eigenvalue weighted by Gasteiger charge is 2.27. The second-order valence-electron chi connectivity index (χ2n) is 5.07. The van der Waals surface area contributed by atoms with E-state index in [1.165, 1.54) is 11.1 Å². The summed E-state index contributed by atoms with van der Waals surface area (Å²) in [7, 11) is -3.54. The first kappa shape index (κ1) is 15.2. The molecule has 1 N–H and O–H groups in total. The molecule has 6 heteroatoms. The van der Waals surface area contributed by atoms with E-state index in [1.807, 2.05) is 12.1 Å². The lowest BCUT2D eigenvalue weighted by atomic mass is 10.1. The predicted molar refractivity (Wildman–Crippen MR) is 89.8 cm³/mol. The van der Waals surface area contributed by atoms with Gasteiger partial charge < -0.3 is 0 Å². The molecular formula is C15H13Br2NO2S. The van der Waals surface area contributed by atoms with Gasteiger partial charge in [0.1, 0.15) is 0 Å². The van der Waals surface area contributed by atoms with Gasteiger partial charge in [-0.25, -0.2) is 13.1 Å². The van der Waals surface area contributed by atoms with Crippen LogP contribution in [0.1, 0.15) is 11.1 Å². The summed E-state index contributed by atoms with van der Waals surface area (Å²) >= 11 is 6.62. The van der Waals surface area contributed by atoms with Gasteiger partial charge in [-0.05, 0) is 58.1 Å². The number of fused-ring (bicyclic) bond motifs is 1. The maximum atomic E-state index is 12.6. The van der Waals surface area contributed by atoms with Crippen LogP contribution < -0.4 is 4.72 Å². The van der Waals surface area contributed by atoms with E-state index in [0.717, 1.165) is 17.3 Å². The third-order valence-electron chi connectivity index (χ3n) is 3.56. The second kappa shape index (κ2) is 5.83. The van der Waals surface area contributed by atoms with Crippen molar-refractivity contribution < 1.29 is 8.42 Å². The van der Waals surface area contributed by atoms with Crippen LogP contribution in [0.4, 0.5) is 0 Å². The standard InChI is InChI=1S/C15H13Br2NO2S/c16-12-5-6-14(17)15(9-12)21(19,20)18-13-7-10-3-1-2-4-11(10)8-13/h1-6,9,13,18H,7-8H2. The molecule has 110 valence electrons. The molecule has 0 aliphatic heterocycles. The van der Waals surface area contributed by atoms with Crippen LogP contribution in [0.2, 0.25) is 0 Å². The van der Waals surface area contributed by atoms with Crippen molar-refractivity contribution in [2.24, 2.45) is 0 Å². The first-order valence-electron chi connectivity index (χ1n) is 6.50. The van der Waals surface area contributed by atoms with E-state index < -0.39 is 10.0 Å². The Bertz CT molecular complexity index is 765. The summed E-state index contributed by atoms with van der Waals surface area (Å²) < 4.78 is 29.2. The van der Waals surface area contributed by atoms with Crippen LogP contribution in [-0.4, -0.2) is 14.5 Å². The SMILES string of the molecule is O=S(=O)(NC1Cc2ccccc2C1)c1cc(Br)ccc1Br. The van der Waals surface area contributed by atoms with Crippen molar-refractivity contribution >= 4 is 41.9 Å². The number of rotatable bonds is 3. The number of sulfonamides is 1. The van der Waals surface area contributed by atoms with Gasteiger partial charge in [0.15, 0.2) is 0 Å². The average molecular weight is 431 g/mol. The largest absolute Gasteiger partial charge is 0.242 e. The van der Waals surface area contributed by atoms with Crippen molar-refractivity contribution in [2.75, 3.05) is 0 Å². The molecule has 1 aliphatic carbocycles. The summed E-state index contributed by atoms with van der Waals surface area (Å²) in [6, 6.07) is 13.1. The maximum Gasteiger partial charge on any atom is 0.242 e. The predicted octanol–water partition coefficient (Wildman–Crippen LogP) is 3.66. The Kier molecular flexibility index (Phi) is 4.23. The topological polar surface area (TPSA) is 46.2 Å². The Morgan fingerprint density at radius 3 is 2.24 bits per heavy atom. The summed E-state index contributed by atoms with van der Waals surface area (Å²) in [4.78, 5) is 0.257. The summed E-state index contributed by atoms with van der Waals surface area (Å²) in [5, 5.41) is 0. The van der Waals surface area contributed by atoms with Crippen LogP contribution >= 0.6 is 31.9 Å². The van der Waals surface area contributed by atoms with Crippen molar-refractivity contribution in [3.8, 4) is 0 Å². The molecule has 0 radical (unpaired) electrons. The van der Waals surface area contributed by atoms with Crippen LogP contribution in [0.5, 0.6) is 0 Å². The fourth-order valence-electron chi connectivity index (χ4n) is 2.61. The van der Waals surface area contributed by atoms with Crippen LogP contribution in [0.3, 0.4) is 0 Å². The Labute approximate surface area is 141 Å². The fourth-order valence-corrected chi connectivity index (χ4v) is 5.35. The van der Waals surface area contributed by atoms with Gasteiger partial charge in [0.05, 0.1) is 4.90 Å². The quantitative estimate of drug-likeness (QED) is 0.807. The molecule has 1 aliphatic rings. The number of hydrogen-bond donors (Lipinski definition) is 1. The fraction of sp³-hybridized carbons (Fsp3) is 0.200. The van der Waals surface area contributed by atoms with E-state index in [4.69, 9.17) is 0 Å². The van der Waals surface area contributed by atoms with Crippen LogP contribution in [0.15, 0.2) is 56.3 Å². The van der Waals surface area contributed by atoms with Gasteiger partial charge in [-0.3, -0.25) is 0 Å². The minimum absolute atomic E-state index is 0.0849. The van der Waals surface area contributed by atoms with E-state index >= 15 is 0 Å². The molecule has 2 aromatic rings. The lowest BCUT2D eigenvalue weighted by Gasteiger charge is -2.14. The molecular weight excluding hydrogens is 418 g/mol. The molecule has 0 bridgehead atoms. The summed E-state index contributed by atoms with van der Waals surface area (Å²) in [6.45, 7) is 0. The van der Waals surface area contributed by atoms with Gasteiger partial charge in [-0.2, -0.15) is 0 Å². The zero-order chi connectivity index (χ0) is 15.0. The highest BCUT2D eigenvalue weighted by Crippen LogP contribution is 2.28. The van der Waals surface area contributed by atoms with Crippen molar-refractivity contribution in [1.82, 2.24) is 4.72 Å². The van der Waals surface area contributed by atoms with Gasteiger partial charge in [0, 0.05) is 15.0 Å². The molecule has 21 heavy (non-hydrogen) atoms. The van der Waals surface area contributed by atoms with Crippen LogP contribution in [0.25, 0.3) is 0 Å². The minimum atomic E-state index is -3.54. The second-order valence-corrected chi connectivity index (χ2v) is 8.52. The Morgan fingerprint density at radius 2 is 1.62 bits per heavy atom. The molecule has 0 fully saturated rings. The molecule has 0 heterocycles. The van der Waals surface area contributed by atoms with Gasteiger partial charge in [0.2, 0.25) is 10.0 Å². The molecule has 3 rings (SSSR count). The Balaban J connectivity index is 1.84. The summed E-state index contributed by atoms with van der Waals surface area (Å²) in [5.41, 5.74) is 2.44. The van der Waals surface area contributed by atoms with Crippen molar-refractivity contribution in [3.63, 3.8) is 0 Å². The van der Waals surface area contributed by atoms with E-state index in [0.29, 0.717) is 4.47 Å². The highest BCUT2D eigenvalue weighted by molar-refractivity contribution is 9.11. The van der Waals surface area contributed by atoms with Crippen LogP contribution in [0, 0.1) is 0 Å². The van der Waals surface area contributed by atoms with E-state index in [1.54, 1.807) is 18.2 Å². The number of halogens is 2. The lowest BCUT2D eigenvalue weighted by Crippen LogP contribution is -2.35. The average Bonchev–Trinajstić information content (AvgIpc) is 2.82. The zero-order valence-electron chi connectivity index (χ0n) is 11.0. The Hall–Kier alpha value is -0.690. The molecule has 0 amide bonds. The number of nitrogens with one attached hydrogen (secondary N) is 1. The van der Waals surface area contributed by atoms with Crippen molar-refractivity contribution in [1.29, 1.82) is 0 Å². The molecule has 0 aromatic heterocycles. The zero-order valence-corrected chi connectivity index (χ0v) is 15.0. The third-order valence-corrected chi connectivity index (χ3v) is 6.56. The van der Waals surface area contributed by atoms with Gasteiger partial charge in [-0.15, -0.1) is 0 Å². The molecule has 2 aromatic carbocycles. The molecule has 3 nitrogen and oxygen atoms in total. The molecule has 0 atom stereocenters. The lowest BCUT2D eigenvalue weighted by molar-refractivity contribution is 0.555. The van der Waals surface area contributed by atoms with Gasteiger partial charge >= 0.3 is 0 Å². The van der Waals surface area contributed by atoms with Gasteiger partial charge in [-0.1, -0.05) is 40.2 Å². The van der Waals surface area contributed by atoms with E-state index in [9.17, 15) is 8.42 Å². The highest BCUT2D eigenvalue weighted by atomic mass is 79.9. The molecule has 0 unspecified atom stereocenters. The normalized spacial score (nSPS) is 15.1. The number of hydrogen-bond acceptors (Lipinski definition) is 2. The molecule has 0 spiro atoms. The summed E-state index contributed by atoms with van der Waals surface area (Å²) in [6.07, 6.45) is 1.47. The Morgan fingerprint density at radius 1 is 1.00 bits per heavy atom. The monoisotopic (exact) mass is 429 g/mol. The maximum absolute atomic E-state index is 12.6. The van der Waals surface area contributed by atoms with Crippen molar-refractivity contribution in [3.05, 3.63) is 62.5 Å².